The molecule has 5 nitrogen and oxygen atoms in total. The summed E-state index contributed by atoms with van der Waals surface area (Å²) in [5, 5.41) is 12.3. The molecule has 0 saturated heterocycles. The summed E-state index contributed by atoms with van der Waals surface area (Å²) in [6.07, 6.45) is 0. The summed E-state index contributed by atoms with van der Waals surface area (Å²) in [5.74, 6) is 1.74. The third-order valence-electron chi connectivity index (χ3n) is 2.87. The number of aliphatic hydroxyl groups excluding tert-OH is 1. The number of methoxy groups -OCH3 is 2. The molecule has 0 spiro atoms. The van der Waals surface area contributed by atoms with Crippen molar-refractivity contribution < 1.29 is 19.3 Å². The highest BCUT2D eigenvalue weighted by Gasteiger charge is 2.23. The fourth-order valence-electron chi connectivity index (χ4n) is 1.39. The Labute approximate surface area is 108 Å². The summed E-state index contributed by atoms with van der Waals surface area (Å²) in [4.78, 5) is 0. The van der Waals surface area contributed by atoms with Crippen molar-refractivity contribution in [2.24, 2.45) is 0 Å². The third kappa shape index (κ3) is 3.27. The lowest BCUT2D eigenvalue weighted by atomic mass is 10.1. The first-order valence-corrected chi connectivity index (χ1v) is 5.73. The highest BCUT2D eigenvalue weighted by Crippen LogP contribution is 2.37. The first kappa shape index (κ1) is 14.6. The van der Waals surface area contributed by atoms with Gasteiger partial charge in [-0.25, -0.2) is 0 Å². The molecule has 0 bridgehead atoms. The van der Waals surface area contributed by atoms with Gasteiger partial charge in [0.25, 0.3) is 0 Å². The van der Waals surface area contributed by atoms with E-state index in [1.54, 1.807) is 33.4 Å². The number of hydrogen-bond donors (Lipinski definition) is 2. The van der Waals surface area contributed by atoms with Crippen LogP contribution in [0.1, 0.15) is 6.92 Å². The van der Waals surface area contributed by atoms with Crippen LogP contribution in [0.3, 0.4) is 0 Å². The number of benzene rings is 1. The summed E-state index contributed by atoms with van der Waals surface area (Å²) >= 11 is 0. The molecule has 0 radical (unpaired) electrons. The monoisotopic (exact) mass is 255 g/mol. The van der Waals surface area contributed by atoms with E-state index in [4.69, 9.17) is 14.2 Å². The van der Waals surface area contributed by atoms with Crippen LogP contribution in [0.25, 0.3) is 0 Å². The molecule has 1 aromatic rings. The minimum atomic E-state index is -0.508. The molecule has 0 aliphatic heterocycles. The number of rotatable bonds is 7. The topological polar surface area (TPSA) is 60.0 Å². The molecule has 0 aliphatic rings. The van der Waals surface area contributed by atoms with E-state index < -0.39 is 5.54 Å². The van der Waals surface area contributed by atoms with Crippen LogP contribution in [0.4, 0.5) is 0 Å². The molecule has 1 unspecified atom stereocenters. The van der Waals surface area contributed by atoms with Crippen LogP contribution in [0.5, 0.6) is 17.2 Å². The molecule has 0 saturated carbocycles. The van der Waals surface area contributed by atoms with E-state index in [1.165, 1.54) is 0 Å². The van der Waals surface area contributed by atoms with E-state index in [-0.39, 0.29) is 6.61 Å². The maximum absolute atomic E-state index is 9.31. The number of nitrogens with one attached hydrogen (secondary N) is 1. The molecule has 0 fully saturated rings. The lowest BCUT2D eigenvalue weighted by molar-refractivity contribution is 0.118. The minimum Gasteiger partial charge on any atom is -0.493 e. The fourth-order valence-corrected chi connectivity index (χ4v) is 1.39. The zero-order valence-electron chi connectivity index (χ0n) is 11.3. The Bertz CT molecular complexity index is 355. The van der Waals surface area contributed by atoms with Crippen molar-refractivity contribution in [3.63, 3.8) is 0 Å². The highest BCUT2D eigenvalue weighted by atomic mass is 16.5. The largest absolute Gasteiger partial charge is 0.493 e. The lowest BCUT2D eigenvalue weighted by Gasteiger charge is -2.27. The molecular weight excluding hydrogens is 234 g/mol. The van der Waals surface area contributed by atoms with Crippen LogP contribution >= 0.6 is 0 Å². The van der Waals surface area contributed by atoms with Gasteiger partial charge in [-0.1, -0.05) is 6.07 Å². The van der Waals surface area contributed by atoms with E-state index in [1.807, 2.05) is 13.0 Å². The standard InChI is InChI=1S/C13H21NO4/c1-13(8-15,14-2)9-18-12-10(16-3)6-5-7-11(12)17-4/h5-7,14-15H,8-9H2,1-4H3. The van der Waals surface area contributed by atoms with Crippen molar-refractivity contribution in [2.45, 2.75) is 12.5 Å². The Kier molecular flexibility index (Phi) is 5.25. The van der Waals surface area contributed by atoms with Gasteiger partial charge in [0.2, 0.25) is 5.75 Å². The average Bonchev–Trinajstić information content (AvgIpc) is 2.44. The minimum absolute atomic E-state index is 0.0268. The molecule has 1 rings (SSSR count). The summed E-state index contributed by atoms with van der Waals surface area (Å²) in [7, 11) is 4.93. The molecule has 0 heterocycles. The maximum atomic E-state index is 9.31. The first-order valence-electron chi connectivity index (χ1n) is 5.73. The first-order chi connectivity index (χ1) is 8.60. The average molecular weight is 255 g/mol. The molecule has 5 heteroatoms. The Morgan fingerprint density at radius 1 is 1.22 bits per heavy atom. The van der Waals surface area contributed by atoms with Crippen molar-refractivity contribution >= 4 is 0 Å². The second kappa shape index (κ2) is 6.47. The smallest absolute Gasteiger partial charge is 0.203 e. The number of likely N-dealkylation sites (N-methyl/N-ethyl adjacent to an activating group) is 1. The molecule has 2 N–H and O–H groups in total. The number of ether oxygens (including phenoxy) is 3. The van der Waals surface area contributed by atoms with Gasteiger partial charge in [0.1, 0.15) is 6.61 Å². The molecule has 0 aliphatic carbocycles. The predicted molar refractivity (Wildman–Crippen MR) is 69.6 cm³/mol. The van der Waals surface area contributed by atoms with Gasteiger partial charge in [-0.15, -0.1) is 0 Å². The van der Waals surface area contributed by atoms with Crippen LogP contribution in [0, 0.1) is 0 Å². The zero-order chi connectivity index (χ0) is 13.6. The predicted octanol–water partition coefficient (Wildman–Crippen LogP) is 1.05. The lowest BCUT2D eigenvalue weighted by Crippen LogP contribution is -2.48. The molecular formula is C13H21NO4. The molecule has 102 valence electrons. The Morgan fingerprint density at radius 3 is 2.17 bits per heavy atom. The fraction of sp³-hybridized carbons (Fsp3) is 0.538. The van der Waals surface area contributed by atoms with Gasteiger partial charge in [0.05, 0.1) is 26.4 Å². The van der Waals surface area contributed by atoms with Crippen LogP contribution in [-0.4, -0.2) is 45.1 Å². The van der Waals surface area contributed by atoms with Crippen molar-refractivity contribution in [2.75, 3.05) is 34.5 Å². The summed E-state index contributed by atoms with van der Waals surface area (Å²) < 4.78 is 16.2. The van der Waals surface area contributed by atoms with Crippen LogP contribution in [-0.2, 0) is 0 Å². The zero-order valence-corrected chi connectivity index (χ0v) is 11.3. The van der Waals surface area contributed by atoms with Crippen LogP contribution < -0.4 is 19.5 Å². The van der Waals surface area contributed by atoms with E-state index in [9.17, 15) is 5.11 Å². The van der Waals surface area contributed by atoms with Gasteiger partial charge in [0, 0.05) is 0 Å². The molecule has 18 heavy (non-hydrogen) atoms. The van der Waals surface area contributed by atoms with Crippen LogP contribution in [0.2, 0.25) is 0 Å². The number of hydrogen-bond acceptors (Lipinski definition) is 5. The Balaban J connectivity index is 2.89. The maximum Gasteiger partial charge on any atom is 0.203 e. The van der Waals surface area contributed by atoms with Crippen molar-refractivity contribution in [3.05, 3.63) is 18.2 Å². The van der Waals surface area contributed by atoms with Gasteiger partial charge < -0.3 is 24.6 Å². The van der Waals surface area contributed by atoms with E-state index >= 15 is 0 Å². The van der Waals surface area contributed by atoms with Crippen molar-refractivity contribution in [3.8, 4) is 17.2 Å². The number of para-hydroxylation sites is 1. The summed E-state index contributed by atoms with van der Waals surface area (Å²) in [6.45, 7) is 2.15. The second-order valence-corrected chi connectivity index (χ2v) is 4.25. The Hall–Kier alpha value is -1.46. The van der Waals surface area contributed by atoms with Crippen molar-refractivity contribution in [1.82, 2.24) is 5.32 Å². The SMILES string of the molecule is CNC(C)(CO)COc1c(OC)cccc1OC. The van der Waals surface area contributed by atoms with Gasteiger partial charge in [-0.2, -0.15) is 0 Å². The van der Waals surface area contributed by atoms with Gasteiger partial charge >= 0.3 is 0 Å². The molecule has 1 atom stereocenters. The highest BCUT2D eigenvalue weighted by molar-refractivity contribution is 5.51. The van der Waals surface area contributed by atoms with Gasteiger partial charge in [0.15, 0.2) is 11.5 Å². The number of aliphatic hydroxyl groups is 1. The van der Waals surface area contributed by atoms with Crippen molar-refractivity contribution in [1.29, 1.82) is 0 Å². The second-order valence-electron chi connectivity index (χ2n) is 4.25. The normalized spacial score (nSPS) is 13.8. The molecule has 0 amide bonds. The summed E-state index contributed by atoms with van der Waals surface area (Å²) in [6, 6.07) is 5.43. The Morgan fingerprint density at radius 2 is 1.78 bits per heavy atom. The van der Waals surface area contributed by atoms with E-state index in [0.29, 0.717) is 23.9 Å². The van der Waals surface area contributed by atoms with Gasteiger partial charge in [-0.05, 0) is 26.1 Å². The molecule has 1 aromatic carbocycles. The molecule has 0 aromatic heterocycles. The van der Waals surface area contributed by atoms with E-state index in [0.717, 1.165) is 0 Å². The summed E-state index contributed by atoms with van der Waals surface area (Å²) in [5.41, 5.74) is -0.508. The van der Waals surface area contributed by atoms with Crippen LogP contribution in [0.15, 0.2) is 18.2 Å². The van der Waals surface area contributed by atoms with Gasteiger partial charge in [-0.3, -0.25) is 0 Å². The van der Waals surface area contributed by atoms with E-state index in [2.05, 4.69) is 5.32 Å². The quantitative estimate of drug-likeness (QED) is 0.762. The third-order valence-corrected chi connectivity index (χ3v) is 2.87.